The van der Waals surface area contributed by atoms with Crippen LogP contribution >= 0.6 is 0 Å². The molecule has 3 rings (SSSR count). The Hall–Kier alpha value is -1.40. The molecule has 2 aliphatic rings. The van der Waals surface area contributed by atoms with Gasteiger partial charge in [0, 0.05) is 45.3 Å². The molecule has 104 valence electrons. The van der Waals surface area contributed by atoms with Crippen molar-refractivity contribution < 1.29 is 4.74 Å². The van der Waals surface area contributed by atoms with Gasteiger partial charge in [-0.3, -0.25) is 0 Å². The number of ether oxygens (including phenoxy) is 1. The summed E-state index contributed by atoms with van der Waals surface area (Å²) in [6.07, 6.45) is 0. The van der Waals surface area contributed by atoms with Crippen LogP contribution in [0.1, 0.15) is 5.82 Å². The Bertz CT molecular complexity index is 391. The predicted molar refractivity (Wildman–Crippen MR) is 74.9 cm³/mol. The van der Waals surface area contributed by atoms with Gasteiger partial charge in [-0.05, 0) is 6.92 Å². The maximum absolute atomic E-state index is 5.39. The third-order valence-electron chi connectivity index (χ3n) is 3.59. The molecular formula is C13H21N5O. The van der Waals surface area contributed by atoms with Gasteiger partial charge in [-0.25, -0.2) is 9.97 Å². The fraction of sp³-hybridized carbons (Fsp3) is 0.692. The Morgan fingerprint density at radius 2 is 1.58 bits per heavy atom. The molecule has 1 aromatic rings. The van der Waals surface area contributed by atoms with E-state index in [0.717, 1.165) is 69.9 Å². The van der Waals surface area contributed by atoms with E-state index in [-0.39, 0.29) is 0 Å². The van der Waals surface area contributed by atoms with Crippen LogP contribution in [-0.2, 0) is 4.74 Å². The van der Waals surface area contributed by atoms with Crippen LogP contribution in [0.4, 0.5) is 11.6 Å². The van der Waals surface area contributed by atoms with Crippen LogP contribution < -0.4 is 15.1 Å². The van der Waals surface area contributed by atoms with Crippen molar-refractivity contribution in [3.63, 3.8) is 0 Å². The number of hydrogen-bond donors (Lipinski definition) is 1. The highest BCUT2D eigenvalue weighted by Gasteiger charge is 2.17. The first-order chi connectivity index (χ1) is 9.33. The summed E-state index contributed by atoms with van der Waals surface area (Å²) in [7, 11) is 0. The van der Waals surface area contributed by atoms with E-state index in [9.17, 15) is 0 Å². The minimum Gasteiger partial charge on any atom is -0.378 e. The van der Waals surface area contributed by atoms with Gasteiger partial charge in [0.25, 0.3) is 0 Å². The lowest BCUT2D eigenvalue weighted by Gasteiger charge is -2.31. The Balaban J connectivity index is 1.82. The molecule has 2 aliphatic heterocycles. The van der Waals surface area contributed by atoms with E-state index in [1.165, 1.54) is 0 Å². The molecule has 6 heteroatoms. The van der Waals surface area contributed by atoms with Gasteiger partial charge in [0.2, 0.25) is 0 Å². The van der Waals surface area contributed by atoms with Crippen LogP contribution in [-0.4, -0.2) is 62.5 Å². The first-order valence-corrected chi connectivity index (χ1v) is 6.97. The average Bonchev–Trinajstić information content (AvgIpc) is 2.48. The van der Waals surface area contributed by atoms with Crippen molar-refractivity contribution in [2.45, 2.75) is 6.92 Å². The lowest BCUT2D eigenvalue weighted by molar-refractivity contribution is 0.122. The van der Waals surface area contributed by atoms with Crippen LogP contribution in [0.3, 0.4) is 0 Å². The zero-order valence-electron chi connectivity index (χ0n) is 11.4. The third kappa shape index (κ3) is 2.96. The Morgan fingerprint density at radius 1 is 1.00 bits per heavy atom. The first-order valence-electron chi connectivity index (χ1n) is 6.97. The van der Waals surface area contributed by atoms with E-state index < -0.39 is 0 Å². The predicted octanol–water partition coefficient (Wildman–Crippen LogP) is 0.0312. The van der Waals surface area contributed by atoms with Gasteiger partial charge >= 0.3 is 0 Å². The molecule has 3 heterocycles. The quantitative estimate of drug-likeness (QED) is 0.812. The summed E-state index contributed by atoms with van der Waals surface area (Å²) in [5.41, 5.74) is 0. The second kappa shape index (κ2) is 5.71. The number of morpholine rings is 1. The molecule has 0 saturated carbocycles. The summed E-state index contributed by atoms with van der Waals surface area (Å²) in [6, 6.07) is 2.11. The SMILES string of the molecule is Cc1nc(N2CCNCC2)cc(N2CCOCC2)n1. The molecule has 0 unspecified atom stereocenters. The summed E-state index contributed by atoms with van der Waals surface area (Å²) in [4.78, 5) is 13.8. The minimum absolute atomic E-state index is 0.784. The normalized spacial score (nSPS) is 20.7. The van der Waals surface area contributed by atoms with Crippen LogP contribution in [0.15, 0.2) is 6.07 Å². The number of nitrogens with one attached hydrogen (secondary N) is 1. The molecule has 0 aromatic carbocycles. The number of nitrogens with zero attached hydrogens (tertiary/aromatic N) is 4. The van der Waals surface area contributed by atoms with E-state index in [0.29, 0.717) is 0 Å². The van der Waals surface area contributed by atoms with E-state index in [4.69, 9.17) is 4.74 Å². The van der Waals surface area contributed by atoms with Gasteiger partial charge in [-0.15, -0.1) is 0 Å². The van der Waals surface area contributed by atoms with Crippen LogP contribution in [0.2, 0.25) is 0 Å². The highest BCUT2D eigenvalue weighted by molar-refractivity contribution is 5.51. The van der Waals surface area contributed by atoms with Crippen LogP contribution in [0.5, 0.6) is 0 Å². The third-order valence-corrected chi connectivity index (χ3v) is 3.59. The molecule has 6 nitrogen and oxygen atoms in total. The molecule has 2 fully saturated rings. The van der Waals surface area contributed by atoms with Gasteiger partial charge in [0.05, 0.1) is 13.2 Å². The van der Waals surface area contributed by atoms with Gasteiger partial charge in [0.1, 0.15) is 17.5 Å². The van der Waals surface area contributed by atoms with Gasteiger partial charge in [0.15, 0.2) is 0 Å². The molecule has 19 heavy (non-hydrogen) atoms. The van der Waals surface area contributed by atoms with Gasteiger partial charge in [-0.1, -0.05) is 0 Å². The number of hydrogen-bond acceptors (Lipinski definition) is 6. The molecule has 0 spiro atoms. The standard InChI is InChI=1S/C13H21N5O/c1-11-15-12(17-4-2-14-3-5-17)10-13(16-11)18-6-8-19-9-7-18/h10,14H,2-9H2,1H3. The average molecular weight is 263 g/mol. The number of aromatic nitrogens is 2. The van der Waals surface area contributed by atoms with Crippen LogP contribution in [0.25, 0.3) is 0 Å². The first kappa shape index (κ1) is 12.6. The van der Waals surface area contributed by atoms with E-state index >= 15 is 0 Å². The summed E-state index contributed by atoms with van der Waals surface area (Å²) in [5.74, 6) is 2.93. The van der Waals surface area contributed by atoms with Crippen molar-refractivity contribution in [1.29, 1.82) is 0 Å². The smallest absolute Gasteiger partial charge is 0.134 e. The van der Waals surface area contributed by atoms with E-state index in [2.05, 4.69) is 31.2 Å². The lowest BCUT2D eigenvalue weighted by Crippen LogP contribution is -2.44. The second-order valence-electron chi connectivity index (χ2n) is 4.97. The number of rotatable bonds is 2. The molecular weight excluding hydrogens is 242 g/mol. The largest absolute Gasteiger partial charge is 0.378 e. The maximum atomic E-state index is 5.39. The second-order valence-corrected chi connectivity index (χ2v) is 4.97. The molecule has 0 bridgehead atoms. The number of anilines is 2. The number of aryl methyl sites for hydroxylation is 1. The van der Waals surface area contributed by atoms with Crippen LogP contribution in [0, 0.1) is 6.92 Å². The summed E-state index contributed by atoms with van der Waals surface area (Å²) < 4.78 is 5.39. The topological polar surface area (TPSA) is 53.5 Å². The molecule has 0 aliphatic carbocycles. The van der Waals surface area contributed by atoms with Crippen molar-refractivity contribution in [1.82, 2.24) is 15.3 Å². The summed E-state index contributed by atoms with van der Waals surface area (Å²) in [5, 5.41) is 3.37. The van der Waals surface area contributed by atoms with Gasteiger partial charge in [-0.2, -0.15) is 0 Å². The molecule has 1 N–H and O–H groups in total. The van der Waals surface area contributed by atoms with E-state index in [1.54, 1.807) is 0 Å². The molecule has 0 amide bonds. The Kier molecular flexibility index (Phi) is 3.79. The number of piperazine rings is 1. The van der Waals surface area contributed by atoms with Gasteiger partial charge < -0.3 is 19.9 Å². The zero-order valence-corrected chi connectivity index (χ0v) is 11.4. The molecule has 2 saturated heterocycles. The zero-order chi connectivity index (χ0) is 13.1. The fourth-order valence-corrected chi connectivity index (χ4v) is 2.55. The molecule has 0 radical (unpaired) electrons. The monoisotopic (exact) mass is 263 g/mol. The van der Waals surface area contributed by atoms with E-state index in [1.807, 2.05) is 6.92 Å². The van der Waals surface area contributed by atoms with Crippen molar-refractivity contribution in [3.8, 4) is 0 Å². The van der Waals surface area contributed by atoms with Crippen molar-refractivity contribution in [2.75, 3.05) is 62.3 Å². The van der Waals surface area contributed by atoms with Crippen molar-refractivity contribution in [2.24, 2.45) is 0 Å². The van der Waals surface area contributed by atoms with Crippen molar-refractivity contribution >= 4 is 11.6 Å². The fourth-order valence-electron chi connectivity index (χ4n) is 2.55. The maximum Gasteiger partial charge on any atom is 0.134 e. The highest BCUT2D eigenvalue weighted by Crippen LogP contribution is 2.20. The molecule has 1 aromatic heterocycles. The minimum atomic E-state index is 0.784. The molecule has 0 atom stereocenters. The lowest BCUT2D eigenvalue weighted by atomic mass is 10.3. The Morgan fingerprint density at radius 3 is 2.21 bits per heavy atom. The summed E-state index contributed by atoms with van der Waals surface area (Å²) in [6.45, 7) is 9.44. The van der Waals surface area contributed by atoms with Crippen molar-refractivity contribution in [3.05, 3.63) is 11.9 Å². The Labute approximate surface area is 113 Å². The highest BCUT2D eigenvalue weighted by atomic mass is 16.5. The summed E-state index contributed by atoms with van der Waals surface area (Å²) >= 11 is 0.